The van der Waals surface area contributed by atoms with Crippen molar-refractivity contribution < 1.29 is 38.0 Å². The van der Waals surface area contributed by atoms with E-state index in [0.29, 0.717) is 24.7 Å². The molecule has 0 aliphatic carbocycles. The summed E-state index contributed by atoms with van der Waals surface area (Å²) in [7, 11) is 2.49. The predicted molar refractivity (Wildman–Crippen MR) is 154 cm³/mol. The van der Waals surface area contributed by atoms with Gasteiger partial charge in [-0.1, -0.05) is 48.5 Å². The number of carbonyl (C=O) groups excluding carboxylic acids is 2. The van der Waals surface area contributed by atoms with Crippen molar-refractivity contribution in [2.75, 3.05) is 14.2 Å². The summed E-state index contributed by atoms with van der Waals surface area (Å²) in [6.07, 6.45) is 0. The first kappa shape index (κ1) is 25.7. The average molecular weight is 563 g/mol. The lowest BCUT2D eigenvalue weighted by Gasteiger charge is -2.25. The Kier molecular flexibility index (Phi) is 6.31. The summed E-state index contributed by atoms with van der Waals surface area (Å²) < 4.78 is 34.9. The normalized spacial score (nSPS) is 13.6. The number of rotatable bonds is 2. The van der Waals surface area contributed by atoms with E-state index in [1.54, 1.807) is 0 Å². The van der Waals surface area contributed by atoms with Crippen LogP contribution in [0.2, 0.25) is 0 Å². The molecule has 2 aliphatic heterocycles. The quantitative estimate of drug-likeness (QED) is 0.178. The van der Waals surface area contributed by atoms with Crippen LogP contribution >= 0.6 is 0 Å². The number of fused-ring (bicyclic) bond motifs is 9. The average Bonchev–Trinajstić information content (AvgIpc) is 3.02. The largest absolute Gasteiger partial charge is 0.485 e. The van der Waals surface area contributed by atoms with Crippen LogP contribution in [0.3, 0.4) is 0 Å². The fraction of sp³-hybridized carbons (Fsp3) is 0.176. The summed E-state index contributed by atoms with van der Waals surface area (Å²) >= 11 is 0. The van der Waals surface area contributed by atoms with Gasteiger partial charge in [-0.05, 0) is 57.3 Å². The summed E-state index contributed by atoms with van der Waals surface area (Å²) in [5.41, 5.74) is 3.88. The first-order valence-corrected chi connectivity index (χ1v) is 13.5. The molecule has 0 bridgehead atoms. The zero-order chi connectivity index (χ0) is 28.8. The van der Waals surface area contributed by atoms with Crippen molar-refractivity contribution in [2.45, 2.75) is 26.4 Å². The van der Waals surface area contributed by atoms with Crippen molar-refractivity contribution in [3.63, 3.8) is 0 Å². The van der Waals surface area contributed by atoms with Crippen LogP contribution in [-0.2, 0) is 35.9 Å². The van der Waals surface area contributed by atoms with Crippen molar-refractivity contribution in [3.8, 4) is 23.0 Å². The summed E-state index contributed by atoms with van der Waals surface area (Å²) in [4.78, 5) is 24.8. The summed E-state index contributed by atoms with van der Waals surface area (Å²) in [5.74, 6) is 0.755. The predicted octanol–water partition coefficient (Wildman–Crippen LogP) is 6.51. The Morgan fingerprint density at radius 1 is 0.524 bits per heavy atom. The molecule has 0 amide bonds. The molecule has 0 saturated carbocycles. The Hall–Kier alpha value is -5.24. The molecule has 2 aliphatic rings. The van der Waals surface area contributed by atoms with Gasteiger partial charge in [0.1, 0.15) is 26.4 Å². The molecule has 0 spiro atoms. The van der Waals surface area contributed by atoms with Gasteiger partial charge in [-0.2, -0.15) is 0 Å². The van der Waals surface area contributed by atoms with Crippen molar-refractivity contribution in [1.82, 2.24) is 0 Å². The van der Waals surface area contributed by atoms with Crippen LogP contribution in [0.25, 0.3) is 21.5 Å². The molecule has 5 aromatic carbocycles. The van der Waals surface area contributed by atoms with E-state index in [2.05, 4.69) is 36.4 Å². The molecular weight excluding hydrogens is 536 g/mol. The minimum Gasteiger partial charge on any atom is -0.485 e. The molecule has 210 valence electrons. The van der Waals surface area contributed by atoms with Crippen LogP contribution in [0.5, 0.6) is 23.0 Å². The lowest BCUT2D eigenvalue weighted by atomic mass is 9.97. The second-order valence-corrected chi connectivity index (χ2v) is 10.1. The van der Waals surface area contributed by atoms with Gasteiger partial charge in [-0.3, -0.25) is 0 Å². The van der Waals surface area contributed by atoms with E-state index >= 15 is 0 Å². The van der Waals surface area contributed by atoms with Crippen LogP contribution in [0, 0.1) is 0 Å². The molecule has 8 nitrogen and oxygen atoms in total. The number of carbonyl (C=O) groups is 2. The van der Waals surface area contributed by atoms with Gasteiger partial charge < -0.3 is 28.4 Å². The zero-order valence-electron chi connectivity index (χ0n) is 23.0. The van der Waals surface area contributed by atoms with Crippen molar-refractivity contribution in [2.24, 2.45) is 0 Å². The molecule has 2 heterocycles. The van der Waals surface area contributed by atoms with E-state index < -0.39 is 11.9 Å². The fourth-order valence-electron chi connectivity index (χ4n) is 5.65. The lowest BCUT2D eigenvalue weighted by Crippen LogP contribution is -2.16. The van der Waals surface area contributed by atoms with Gasteiger partial charge in [-0.15, -0.1) is 0 Å². The maximum Gasteiger partial charge on any atom is 0.338 e. The van der Waals surface area contributed by atoms with E-state index in [1.165, 1.54) is 26.4 Å². The monoisotopic (exact) mass is 562 g/mol. The van der Waals surface area contributed by atoms with E-state index in [9.17, 15) is 9.59 Å². The van der Waals surface area contributed by atoms with Gasteiger partial charge in [0.2, 0.25) is 0 Å². The van der Waals surface area contributed by atoms with Gasteiger partial charge in [0.25, 0.3) is 0 Å². The smallest absolute Gasteiger partial charge is 0.338 e. The topological polar surface area (TPSA) is 89.5 Å². The van der Waals surface area contributed by atoms with Gasteiger partial charge in [0.15, 0.2) is 23.0 Å². The Bertz CT molecular complexity index is 1770. The van der Waals surface area contributed by atoms with Gasteiger partial charge in [0.05, 0.1) is 25.3 Å². The third-order valence-electron chi connectivity index (χ3n) is 7.77. The molecule has 0 saturated heterocycles. The van der Waals surface area contributed by atoms with Crippen LogP contribution < -0.4 is 18.9 Å². The fourth-order valence-corrected chi connectivity index (χ4v) is 5.65. The summed E-state index contributed by atoms with van der Waals surface area (Å²) in [5, 5.41) is 4.23. The highest BCUT2D eigenvalue weighted by Gasteiger charge is 2.26. The Morgan fingerprint density at radius 2 is 0.881 bits per heavy atom. The third kappa shape index (κ3) is 4.23. The minimum absolute atomic E-state index is 0.0367. The maximum absolute atomic E-state index is 12.4. The Morgan fingerprint density at radius 3 is 1.26 bits per heavy atom. The molecular formula is C34H26O8. The second-order valence-electron chi connectivity index (χ2n) is 10.1. The molecule has 0 fully saturated rings. The molecule has 42 heavy (non-hydrogen) atoms. The number of benzene rings is 5. The van der Waals surface area contributed by atoms with Crippen LogP contribution in [0.4, 0.5) is 0 Å². The van der Waals surface area contributed by atoms with Crippen LogP contribution in [0.15, 0.2) is 72.8 Å². The highest BCUT2D eigenvalue weighted by atomic mass is 16.5. The van der Waals surface area contributed by atoms with Gasteiger partial charge in [-0.25, -0.2) is 9.59 Å². The minimum atomic E-state index is -0.677. The molecule has 5 aromatic rings. The first-order chi connectivity index (χ1) is 20.6. The zero-order valence-corrected chi connectivity index (χ0v) is 23.0. The second kappa shape index (κ2) is 10.3. The van der Waals surface area contributed by atoms with E-state index in [0.717, 1.165) is 55.3 Å². The van der Waals surface area contributed by atoms with Gasteiger partial charge in [0, 0.05) is 10.8 Å². The van der Waals surface area contributed by atoms with Crippen LogP contribution in [-0.4, -0.2) is 26.2 Å². The highest BCUT2D eigenvalue weighted by Crippen LogP contribution is 2.45. The number of methoxy groups -OCH3 is 2. The molecule has 0 atom stereocenters. The lowest BCUT2D eigenvalue weighted by molar-refractivity contribution is 0.0554. The Labute approximate surface area is 241 Å². The highest BCUT2D eigenvalue weighted by molar-refractivity contribution is 6.13. The molecule has 0 aromatic heterocycles. The number of hydrogen-bond donors (Lipinski definition) is 0. The standard InChI is InChI=1S/C34H26O8/c1-37-33(35)27-13-29-30(14-28(27)34(36)38-2)40-16-20-12-22-18-42-32-26-10-6-4-8-24(26)23-7-3-5-9-25(23)31(32)41-17-21(22)11-19(20)15-39-29/h3-14H,15-18H2,1-2H3. The third-order valence-corrected chi connectivity index (χ3v) is 7.77. The van der Waals surface area contributed by atoms with Crippen molar-refractivity contribution in [3.05, 3.63) is 106 Å². The van der Waals surface area contributed by atoms with E-state index in [4.69, 9.17) is 28.4 Å². The summed E-state index contributed by atoms with van der Waals surface area (Å²) in [6.45, 7) is 1.16. The molecule has 0 radical (unpaired) electrons. The number of ether oxygens (including phenoxy) is 6. The van der Waals surface area contributed by atoms with Crippen molar-refractivity contribution in [1.29, 1.82) is 0 Å². The molecule has 0 N–H and O–H groups in total. The van der Waals surface area contributed by atoms with Crippen LogP contribution in [0.1, 0.15) is 43.0 Å². The number of esters is 2. The first-order valence-electron chi connectivity index (χ1n) is 13.5. The molecule has 8 heteroatoms. The molecule has 7 rings (SSSR count). The number of hydrogen-bond acceptors (Lipinski definition) is 8. The van der Waals surface area contributed by atoms with Crippen molar-refractivity contribution >= 4 is 33.5 Å². The molecule has 0 unspecified atom stereocenters. The Balaban J connectivity index is 1.25. The van der Waals surface area contributed by atoms with E-state index in [-0.39, 0.29) is 24.3 Å². The SMILES string of the molecule is COC(=O)c1cc2c(cc1C(=O)OC)OCc1cc3c(cc1CO2)COc1c(c2ccccc2c2ccccc12)OC3. The van der Waals surface area contributed by atoms with E-state index in [1.807, 2.05) is 24.3 Å². The summed E-state index contributed by atoms with van der Waals surface area (Å²) in [6, 6.07) is 23.4. The maximum atomic E-state index is 12.4. The van der Waals surface area contributed by atoms with Gasteiger partial charge >= 0.3 is 11.9 Å².